The molecule has 0 aliphatic carbocycles. The molecule has 1 aromatic rings. The monoisotopic (exact) mass is 1420 g/mol. The van der Waals surface area contributed by atoms with Gasteiger partial charge in [-0.2, -0.15) is 21.5 Å². The summed E-state index contributed by atoms with van der Waals surface area (Å²) in [7, 11) is -21.1. The number of guanidine groups is 1. The van der Waals surface area contributed by atoms with Crippen molar-refractivity contribution in [2.45, 2.75) is 158 Å². The highest BCUT2D eigenvalue weighted by Gasteiger charge is 2.36. The Morgan fingerprint density at radius 1 is 0.505 bits per heavy atom. The van der Waals surface area contributed by atoms with Gasteiger partial charge in [-0.15, -0.1) is 0 Å². The number of hydrogen-bond acceptors (Lipinski definition) is 17. The lowest BCUT2D eigenvalue weighted by Crippen LogP contribution is -2.56. The van der Waals surface area contributed by atoms with E-state index in [9.17, 15) is 66.1 Å². The molecule has 1 rings (SSSR count). The van der Waals surface area contributed by atoms with Crippen molar-refractivity contribution in [3.63, 3.8) is 0 Å². The summed E-state index contributed by atoms with van der Waals surface area (Å²) in [6, 6.07) is 4.25. The molecule has 12 N–H and O–H groups in total. The predicted octanol–water partition coefficient (Wildman–Crippen LogP) is 0.754. The third-order valence-corrected chi connectivity index (χ3v) is 23.8. The summed E-state index contributed by atoms with van der Waals surface area (Å²) in [5, 5.41) is 21.4. The first-order valence-electron chi connectivity index (χ1n) is 31.9. The highest BCUT2D eigenvalue weighted by molar-refractivity contribution is 7.90. The van der Waals surface area contributed by atoms with Crippen molar-refractivity contribution < 1.29 is 66.1 Å². The van der Waals surface area contributed by atoms with E-state index < -0.39 is 197 Å². The summed E-state index contributed by atoms with van der Waals surface area (Å²) in [5.74, 6) is -7.88. The average Bonchev–Trinajstić information content (AvgIpc) is 0.902. The van der Waals surface area contributed by atoms with Gasteiger partial charge in [0.1, 0.15) is 0 Å². The molecule has 0 aliphatic heterocycles. The van der Waals surface area contributed by atoms with Crippen molar-refractivity contribution >= 4 is 85.6 Å². The number of rotatable bonds is 49. The van der Waals surface area contributed by atoms with Gasteiger partial charge in [-0.25, -0.2) is 42.1 Å². The summed E-state index contributed by atoms with van der Waals surface area (Å²) in [4.78, 5) is 69.0. The van der Waals surface area contributed by atoms with Gasteiger partial charge < -0.3 is 43.8 Å². The number of nitrogens with zero attached hydrogens (tertiary/aromatic N) is 5. The maximum Gasteiger partial charge on any atom is 0.235 e. The summed E-state index contributed by atoms with van der Waals surface area (Å²) >= 11 is 0. The van der Waals surface area contributed by atoms with Crippen LogP contribution in [-0.4, -0.2) is 225 Å². The van der Waals surface area contributed by atoms with Crippen LogP contribution in [0.15, 0.2) is 30.3 Å². The van der Waals surface area contributed by atoms with E-state index in [4.69, 9.17) is 22.6 Å². The second kappa shape index (κ2) is 40.8. The van der Waals surface area contributed by atoms with E-state index in [1.54, 1.807) is 71.9 Å². The van der Waals surface area contributed by atoms with Crippen LogP contribution < -0.4 is 43.8 Å². The van der Waals surface area contributed by atoms with E-state index >= 15 is 0 Å². The van der Waals surface area contributed by atoms with Gasteiger partial charge in [0.25, 0.3) is 0 Å². The highest BCUT2D eigenvalue weighted by atomic mass is 32.2. The number of nitrogens with one attached hydrogen (secondary N) is 6. The van der Waals surface area contributed by atoms with Gasteiger partial charge in [0.05, 0.1) is 62.0 Å². The van der Waals surface area contributed by atoms with E-state index in [0.29, 0.717) is 18.4 Å². The van der Waals surface area contributed by atoms with Gasteiger partial charge in [-0.1, -0.05) is 127 Å². The van der Waals surface area contributed by atoms with Crippen LogP contribution in [0, 0.1) is 46.8 Å². The molecule has 0 spiro atoms. The fourth-order valence-corrected chi connectivity index (χ4v) is 17.8. The largest absolute Gasteiger partial charge is 0.370 e. The summed E-state index contributed by atoms with van der Waals surface area (Å²) in [6.07, 6.45) is 2.55. The lowest BCUT2D eigenvalue weighted by molar-refractivity contribution is -0.123. The van der Waals surface area contributed by atoms with Crippen LogP contribution in [0.25, 0.3) is 0 Å². The van der Waals surface area contributed by atoms with Gasteiger partial charge in [0, 0.05) is 70.0 Å². The molecule has 540 valence electrons. The fourth-order valence-electron chi connectivity index (χ4n) is 10.6. The first kappa shape index (κ1) is 86.4. The quantitative estimate of drug-likeness (QED) is 0.0247. The van der Waals surface area contributed by atoms with Crippen molar-refractivity contribution in [1.29, 1.82) is 5.41 Å². The second-order valence-corrected chi connectivity index (χ2v) is 36.8. The molecule has 0 aromatic heterocycles. The van der Waals surface area contributed by atoms with Gasteiger partial charge in [0.2, 0.25) is 79.7 Å². The van der Waals surface area contributed by atoms with E-state index in [1.165, 1.54) is 0 Å². The van der Waals surface area contributed by atoms with Gasteiger partial charge in [-0.3, -0.25) is 29.4 Å². The Kier molecular flexibility index (Phi) is 37.9. The van der Waals surface area contributed by atoms with Crippen molar-refractivity contribution in [2.24, 2.45) is 58.6 Å². The third-order valence-electron chi connectivity index (χ3n) is 14.7. The molecule has 34 heteroatoms. The maximum absolute atomic E-state index is 14.4. The van der Waals surface area contributed by atoms with E-state index in [0.717, 1.165) is 27.8 Å². The van der Waals surface area contributed by atoms with Crippen molar-refractivity contribution in [2.75, 3.05) is 102 Å². The molecule has 93 heavy (non-hydrogen) atoms. The molecule has 5 amide bonds. The number of carbonyl (C=O) groups is 5. The van der Waals surface area contributed by atoms with Gasteiger partial charge in [0.15, 0.2) is 5.96 Å². The molecule has 0 bridgehead atoms. The Bertz CT molecular complexity index is 3090. The first-order valence-corrected chi connectivity index (χ1v) is 40.2. The Balaban J connectivity index is 3.71. The molecule has 1 unspecified atom stereocenters. The molecule has 1 aromatic carbocycles. The SMILES string of the molecule is CCC(C)[C@@H](CN(CC(=O)N[C@@H](CC(C)C)CN(CC(=O)N[C@@H](CC(C)C)CN(CC(N)=O)S(=O)(=O)Cc1ccccc1)S(=O)(=O)CC(C)C)S(C)(=O)=O)NC(=O)CN(C[C@H](CCCNC(=N)N)NC(=O)CN(C[C@@H](C)CC(C)C)S(=O)(=O)CCN)S(=O)(=O)CC(C)C. The number of hydrogen-bond donors (Lipinski definition) is 9. The van der Waals surface area contributed by atoms with Crippen LogP contribution >= 0.6 is 0 Å². The average molecular weight is 1420 g/mol. The number of amides is 5. The zero-order valence-corrected chi connectivity index (χ0v) is 61.5. The second-order valence-electron chi connectivity index (χ2n) is 26.7. The third kappa shape index (κ3) is 35.8. The number of sulfonamides is 5. The summed E-state index contributed by atoms with van der Waals surface area (Å²) in [6.45, 7) is 17.7. The molecule has 6 atom stereocenters. The van der Waals surface area contributed by atoms with Gasteiger partial charge in [-0.05, 0) is 79.1 Å². The number of nitrogens with two attached hydrogens (primary N) is 3. The van der Waals surface area contributed by atoms with Crippen LogP contribution in [0.3, 0.4) is 0 Å². The lowest BCUT2D eigenvalue weighted by atomic mass is 9.99. The van der Waals surface area contributed by atoms with E-state index in [2.05, 4.69) is 26.6 Å². The zero-order valence-electron chi connectivity index (χ0n) is 57.4. The minimum absolute atomic E-state index is 0.0129. The molecule has 0 heterocycles. The predicted molar refractivity (Wildman–Crippen MR) is 365 cm³/mol. The molecule has 0 aliphatic rings. The lowest BCUT2D eigenvalue weighted by Gasteiger charge is -2.33. The zero-order chi connectivity index (χ0) is 71.4. The van der Waals surface area contributed by atoms with Crippen molar-refractivity contribution in [3.05, 3.63) is 35.9 Å². The van der Waals surface area contributed by atoms with Crippen LogP contribution in [-0.2, 0) is 79.8 Å². The van der Waals surface area contributed by atoms with Crippen LogP contribution in [0.4, 0.5) is 0 Å². The van der Waals surface area contributed by atoms with Crippen LogP contribution in [0.1, 0.15) is 134 Å². The standard InChI is InChI=1S/C59H114N14O15S5/c1-15-48(13)53(68-58(78)38-72(91(83,84)39-45(8)9)30-50(22-19-24-64-59(62)63)65-56(76)36-70(90(81,82)25-23-60)29-47(12)26-42(2)3)33-69(89(14,79)80)35-55(75)66-52(28-44(6)7)32-73(92(85,86)40-46(10)11)37-57(77)67-51(27-43(4)5)31-71(34-54(61)74)93(87,88)41-49-20-17-16-18-21-49/h16-18,20-21,42-48,50-53H,15,19,22-41,60H2,1-14H3,(H2,61,74)(H,65,76)(H,66,75)(H,67,77)(H,68,78)(H4,62,63,64)/t47-,48?,50-,51-,52-,53+/m0/s1. The smallest absolute Gasteiger partial charge is 0.235 e. The Morgan fingerprint density at radius 3 is 1.31 bits per heavy atom. The van der Waals surface area contributed by atoms with Gasteiger partial charge >= 0.3 is 0 Å². The molecule has 0 saturated carbocycles. The Labute approximate surface area is 557 Å². The number of benzene rings is 1. The minimum Gasteiger partial charge on any atom is -0.370 e. The molecular weight excluding hydrogens is 1310 g/mol. The van der Waals surface area contributed by atoms with Crippen LogP contribution in [0.2, 0.25) is 0 Å². The molecule has 0 fully saturated rings. The summed E-state index contributed by atoms with van der Waals surface area (Å²) in [5.41, 5.74) is 17.1. The highest BCUT2D eigenvalue weighted by Crippen LogP contribution is 2.20. The fraction of sp³-hybridized carbons (Fsp3) is 0.797. The molecule has 0 radical (unpaired) electrons. The molecule has 29 nitrogen and oxygen atoms in total. The Hall–Kier alpha value is -4.65. The Morgan fingerprint density at radius 2 is 0.914 bits per heavy atom. The topological polar surface area (TPSA) is 434 Å². The normalized spacial score (nSPS) is 14.9. The molecule has 0 saturated heterocycles. The van der Waals surface area contributed by atoms with Crippen molar-refractivity contribution in [3.8, 4) is 0 Å². The van der Waals surface area contributed by atoms with Crippen molar-refractivity contribution in [1.82, 2.24) is 48.1 Å². The van der Waals surface area contributed by atoms with E-state index in [-0.39, 0.29) is 81.5 Å². The maximum atomic E-state index is 14.4. The van der Waals surface area contributed by atoms with E-state index in [1.807, 2.05) is 48.5 Å². The molecular formula is C59H114N14O15S5. The summed E-state index contributed by atoms with van der Waals surface area (Å²) < 4.78 is 143. The van der Waals surface area contributed by atoms with Crippen LogP contribution in [0.5, 0.6) is 0 Å². The number of carbonyl (C=O) groups excluding carboxylic acids is 5. The minimum atomic E-state index is -4.31. The number of primary amides is 1. The first-order chi connectivity index (χ1) is 42.8.